The molecule has 0 unspecified atom stereocenters. The van der Waals surface area contributed by atoms with Crippen molar-refractivity contribution in [2.75, 3.05) is 13.1 Å². The Hall–Kier alpha value is -2.77. The third-order valence-electron chi connectivity index (χ3n) is 3.76. The van der Waals surface area contributed by atoms with Crippen molar-refractivity contribution in [1.82, 2.24) is 25.3 Å². The van der Waals surface area contributed by atoms with Gasteiger partial charge in [-0.1, -0.05) is 5.16 Å². The number of amides is 2. The lowest BCUT2D eigenvalue weighted by atomic mass is 10.0. The number of hydrogen-bond acceptors (Lipinski definition) is 6. The molecule has 2 amide bonds. The number of piperidine rings is 1. The standard InChI is InChI=1S/C15H17N5O3/c1-10-8-12(19-23-10)14(21)18-11-2-6-20(7-3-11)15(22)13-9-16-4-5-17-13/h4-5,8-9,11H,2-3,6-7H2,1H3,(H,18,21). The maximum absolute atomic E-state index is 12.3. The van der Waals surface area contributed by atoms with Crippen molar-refractivity contribution in [2.24, 2.45) is 0 Å². The fourth-order valence-electron chi connectivity index (χ4n) is 2.53. The molecule has 1 saturated heterocycles. The van der Waals surface area contributed by atoms with E-state index in [9.17, 15) is 9.59 Å². The van der Waals surface area contributed by atoms with E-state index in [4.69, 9.17) is 4.52 Å². The molecular weight excluding hydrogens is 298 g/mol. The predicted molar refractivity (Wildman–Crippen MR) is 79.7 cm³/mol. The van der Waals surface area contributed by atoms with Crippen LogP contribution in [0.15, 0.2) is 29.2 Å². The summed E-state index contributed by atoms with van der Waals surface area (Å²) in [4.78, 5) is 34.0. The summed E-state index contributed by atoms with van der Waals surface area (Å²) in [7, 11) is 0. The van der Waals surface area contributed by atoms with Crippen LogP contribution in [0.5, 0.6) is 0 Å². The summed E-state index contributed by atoms with van der Waals surface area (Å²) in [5.74, 6) is 0.218. The Morgan fingerprint density at radius 3 is 2.65 bits per heavy atom. The molecule has 3 rings (SSSR count). The largest absolute Gasteiger partial charge is 0.361 e. The minimum absolute atomic E-state index is 0.0189. The van der Waals surface area contributed by atoms with Crippen LogP contribution < -0.4 is 5.32 Å². The first kappa shape index (κ1) is 15.1. The van der Waals surface area contributed by atoms with Gasteiger partial charge in [0.15, 0.2) is 5.69 Å². The molecule has 0 aliphatic carbocycles. The summed E-state index contributed by atoms with van der Waals surface area (Å²) < 4.78 is 4.90. The number of carbonyl (C=O) groups excluding carboxylic acids is 2. The van der Waals surface area contributed by atoms with E-state index in [1.54, 1.807) is 17.9 Å². The number of aryl methyl sites for hydroxylation is 1. The molecule has 1 N–H and O–H groups in total. The van der Waals surface area contributed by atoms with Crippen LogP contribution in [0.25, 0.3) is 0 Å². The van der Waals surface area contributed by atoms with E-state index in [0.717, 1.165) is 0 Å². The van der Waals surface area contributed by atoms with Gasteiger partial charge in [-0.3, -0.25) is 14.6 Å². The number of rotatable bonds is 3. The van der Waals surface area contributed by atoms with Crippen molar-refractivity contribution in [1.29, 1.82) is 0 Å². The summed E-state index contributed by atoms with van der Waals surface area (Å²) >= 11 is 0. The number of nitrogens with zero attached hydrogens (tertiary/aromatic N) is 4. The second-order valence-corrected chi connectivity index (χ2v) is 5.45. The van der Waals surface area contributed by atoms with Crippen LogP contribution in [0.1, 0.15) is 39.6 Å². The number of aromatic nitrogens is 3. The fourth-order valence-corrected chi connectivity index (χ4v) is 2.53. The van der Waals surface area contributed by atoms with E-state index < -0.39 is 0 Å². The van der Waals surface area contributed by atoms with Gasteiger partial charge < -0.3 is 14.7 Å². The highest BCUT2D eigenvalue weighted by molar-refractivity contribution is 5.93. The lowest BCUT2D eigenvalue weighted by Gasteiger charge is -2.31. The topological polar surface area (TPSA) is 101 Å². The first-order valence-electron chi connectivity index (χ1n) is 7.43. The van der Waals surface area contributed by atoms with E-state index in [-0.39, 0.29) is 23.6 Å². The minimum atomic E-state index is -0.249. The molecule has 1 aliphatic rings. The normalized spacial score (nSPS) is 15.4. The molecule has 0 saturated carbocycles. The second-order valence-electron chi connectivity index (χ2n) is 5.45. The van der Waals surface area contributed by atoms with E-state index in [2.05, 4.69) is 20.4 Å². The summed E-state index contributed by atoms with van der Waals surface area (Å²) in [5.41, 5.74) is 0.619. The number of hydrogen-bond donors (Lipinski definition) is 1. The van der Waals surface area contributed by atoms with Crippen LogP contribution >= 0.6 is 0 Å². The molecule has 8 nitrogen and oxygen atoms in total. The lowest BCUT2D eigenvalue weighted by Crippen LogP contribution is -2.46. The van der Waals surface area contributed by atoms with Gasteiger partial charge in [-0.05, 0) is 19.8 Å². The Bertz CT molecular complexity index is 692. The van der Waals surface area contributed by atoms with E-state index in [1.165, 1.54) is 18.6 Å². The first-order chi connectivity index (χ1) is 11.1. The van der Waals surface area contributed by atoms with Gasteiger partial charge in [-0.15, -0.1) is 0 Å². The molecule has 0 atom stereocenters. The van der Waals surface area contributed by atoms with Crippen LogP contribution in [-0.2, 0) is 0 Å². The van der Waals surface area contributed by atoms with Crippen LogP contribution in [-0.4, -0.2) is 51.0 Å². The molecule has 120 valence electrons. The maximum atomic E-state index is 12.3. The van der Waals surface area contributed by atoms with Crippen molar-refractivity contribution >= 4 is 11.8 Å². The van der Waals surface area contributed by atoms with Crippen LogP contribution in [0.3, 0.4) is 0 Å². The van der Waals surface area contributed by atoms with Gasteiger partial charge in [0, 0.05) is 37.6 Å². The summed E-state index contributed by atoms with van der Waals surface area (Å²) in [6.07, 6.45) is 5.87. The molecule has 2 aromatic rings. The zero-order valence-corrected chi connectivity index (χ0v) is 12.7. The summed E-state index contributed by atoms with van der Waals surface area (Å²) in [6.45, 7) is 2.87. The SMILES string of the molecule is Cc1cc(C(=O)NC2CCN(C(=O)c3cnccn3)CC2)no1. The zero-order chi connectivity index (χ0) is 16.2. The number of carbonyl (C=O) groups is 2. The van der Waals surface area contributed by atoms with Crippen LogP contribution in [0, 0.1) is 6.92 Å². The Kier molecular flexibility index (Phi) is 4.31. The molecule has 0 radical (unpaired) electrons. The van der Waals surface area contributed by atoms with E-state index >= 15 is 0 Å². The lowest BCUT2D eigenvalue weighted by molar-refractivity contribution is 0.0691. The van der Waals surface area contributed by atoms with Gasteiger partial charge in [-0.2, -0.15) is 0 Å². The zero-order valence-electron chi connectivity index (χ0n) is 12.7. The van der Waals surface area contributed by atoms with Gasteiger partial charge in [-0.25, -0.2) is 4.98 Å². The van der Waals surface area contributed by atoms with Crippen LogP contribution in [0.4, 0.5) is 0 Å². The molecule has 0 bridgehead atoms. The van der Waals surface area contributed by atoms with Crippen molar-refractivity contribution in [3.05, 3.63) is 41.8 Å². The fraction of sp³-hybridized carbons (Fsp3) is 0.400. The molecule has 8 heteroatoms. The molecule has 0 aromatic carbocycles. The molecule has 3 heterocycles. The molecule has 23 heavy (non-hydrogen) atoms. The van der Waals surface area contributed by atoms with Gasteiger partial charge >= 0.3 is 0 Å². The Morgan fingerprint density at radius 2 is 2.04 bits per heavy atom. The summed E-state index contributed by atoms with van der Waals surface area (Å²) in [6, 6.07) is 1.62. The molecule has 0 spiro atoms. The van der Waals surface area contributed by atoms with E-state index in [1.807, 2.05) is 0 Å². The monoisotopic (exact) mass is 315 g/mol. The molecule has 1 fully saturated rings. The van der Waals surface area contributed by atoms with Crippen molar-refractivity contribution in [3.63, 3.8) is 0 Å². The Balaban J connectivity index is 1.52. The van der Waals surface area contributed by atoms with Gasteiger partial charge in [0.2, 0.25) is 0 Å². The predicted octanol–water partition coefficient (Wildman–Crippen LogP) is 0.808. The van der Waals surface area contributed by atoms with Gasteiger partial charge in [0.25, 0.3) is 11.8 Å². The van der Waals surface area contributed by atoms with Crippen molar-refractivity contribution in [2.45, 2.75) is 25.8 Å². The van der Waals surface area contributed by atoms with Crippen LogP contribution in [0.2, 0.25) is 0 Å². The highest BCUT2D eigenvalue weighted by Gasteiger charge is 2.26. The molecule has 1 aliphatic heterocycles. The average molecular weight is 315 g/mol. The maximum Gasteiger partial charge on any atom is 0.274 e. The highest BCUT2D eigenvalue weighted by atomic mass is 16.5. The van der Waals surface area contributed by atoms with Crippen molar-refractivity contribution in [3.8, 4) is 0 Å². The van der Waals surface area contributed by atoms with E-state index in [0.29, 0.717) is 37.4 Å². The number of likely N-dealkylation sites (tertiary alicyclic amines) is 1. The highest BCUT2D eigenvalue weighted by Crippen LogP contribution is 2.13. The Labute approximate surface area is 132 Å². The smallest absolute Gasteiger partial charge is 0.274 e. The number of nitrogens with one attached hydrogen (secondary N) is 1. The van der Waals surface area contributed by atoms with Gasteiger partial charge in [0.1, 0.15) is 11.5 Å². The molecular formula is C15H17N5O3. The quantitative estimate of drug-likeness (QED) is 0.899. The molecule has 2 aromatic heterocycles. The average Bonchev–Trinajstić information content (AvgIpc) is 3.02. The Morgan fingerprint density at radius 1 is 1.26 bits per heavy atom. The minimum Gasteiger partial charge on any atom is -0.361 e. The van der Waals surface area contributed by atoms with Gasteiger partial charge in [0.05, 0.1) is 6.20 Å². The van der Waals surface area contributed by atoms with Crippen molar-refractivity contribution < 1.29 is 14.1 Å². The first-order valence-corrected chi connectivity index (χ1v) is 7.43. The third kappa shape index (κ3) is 3.53. The third-order valence-corrected chi connectivity index (χ3v) is 3.76. The summed E-state index contributed by atoms with van der Waals surface area (Å²) in [5, 5.41) is 6.62. The second kappa shape index (κ2) is 6.55.